The van der Waals surface area contributed by atoms with Crippen molar-refractivity contribution in [2.45, 2.75) is 37.2 Å². The molecule has 0 radical (unpaired) electrons. The minimum atomic E-state index is -3.66. The van der Waals surface area contributed by atoms with E-state index in [9.17, 15) is 13.2 Å². The highest BCUT2D eigenvalue weighted by Gasteiger charge is 2.21. The van der Waals surface area contributed by atoms with Crippen molar-refractivity contribution >= 4 is 15.9 Å². The number of nitrogens with one attached hydrogen (secondary N) is 2. The Hall–Kier alpha value is -2.16. The van der Waals surface area contributed by atoms with Crippen molar-refractivity contribution in [2.75, 3.05) is 19.6 Å². The summed E-state index contributed by atoms with van der Waals surface area (Å²) in [4.78, 5) is 14.9. The first kappa shape index (κ1) is 19.6. The van der Waals surface area contributed by atoms with Gasteiger partial charge in [-0.25, -0.2) is 13.1 Å². The van der Waals surface area contributed by atoms with Crippen molar-refractivity contribution in [1.29, 1.82) is 0 Å². The molecule has 146 valence electrons. The number of amides is 1. The topological polar surface area (TPSA) is 91.7 Å². The molecule has 0 aliphatic carbocycles. The van der Waals surface area contributed by atoms with Gasteiger partial charge >= 0.3 is 0 Å². The maximum absolute atomic E-state index is 12.4. The van der Waals surface area contributed by atoms with Crippen molar-refractivity contribution in [2.24, 2.45) is 0 Å². The van der Waals surface area contributed by atoms with Crippen LogP contribution in [0.2, 0.25) is 0 Å². The number of hydrogen-bond donors (Lipinski definition) is 2. The molecule has 1 aromatic heterocycles. The van der Waals surface area contributed by atoms with E-state index in [1.54, 1.807) is 12.1 Å². The van der Waals surface area contributed by atoms with Crippen LogP contribution < -0.4 is 10.0 Å². The molecule has 1 aliphatic heterocycles. The lowest BCUT2D eigenvalue weighted by atomic mass is 10.0. The van der Waals surface area contributed by atoms with Crippen molar-refractivity contribution in [1.82, 2.24) is 14.9 Å². The highest BCUT2D eigenvalue weighted by atomic mass is 32.2. The standard InChI is InChI=1S/C19H25N3O4S/c1-2-22-11-9-16(10-12-22)21-19(23)15-5-7-18(8-6-15)27(24,25)20-14-17-4-3-13-26-17/h3-8,13,16,20H,2,9-12,14H2,1H3,(H,21,23). The number of hydrogen-bond acceptors (Lipinski definition) is 5. The number of carbonyl (C=O) groups is 1. The lowest BCUT2D eigenvalue weighted by Gasteiger charge is -2.31. The van der Waals surface area contributed by atoms with E-state index in [0.29, 0.717) is 11.3 Å². The van der Waals surface area contributed by atoms with Crippen LogP contribution in [-0.2, 0) is 16.6 Å². The highest BCUT2D eigenvalue weighted by molar-refractivity contribution is 7.89. The number of nitrogens with zero attached hydrogens (tertiary/aromatic N) is 1. The third kappa shape index (κ3) is 5.18. The predicted octanol–water partition coefficient (Wildman–Crippen LogP) is 1.97. The van der Waals surface area contributed by atoms with Crippen LogP contribution in [0.5, 0.6) is 0 Å². The molecule has 7 nitrogen and oxygen atoms in total. The fourth-order valence-electron chi connectivity index (χ4n) is 3.11. The molecule has 0 saturated carbocycles. The van der Waals surface area contributed by atoms with Crippen LogP contribution in [0, 0.1) is 0 Å². The number of likely N-dealkylation sites (tertiary alicyclic amines) is 1. The van der Waals surface area contributed by atoms with E-state index in [4.69, 9.17) is 4.42 Å². The Bertz CT molecular complexity index is 840. The number of furan rings is 1. The van der Waals surface area contributed by atoms with Gasteiger partial charge in [0.25, 0.3) is 5.91 Å². The largest absolute Gasteiger partial charge is 0.468 e. The molecule has 27 heavy (non-hydrogen) atoms. The first-order valence-corrected chi connectivity index (χ1v) is 10.6. The second-order valence-electron chi connectivity index (χ2n) is 6.61. The Balaban J connectivity index is 1.56. The van der Waals surface area contributed by atoms with Crippen molar-refractivity contribution in [3.63, 3.8) is 0 Å². The molecule has 0 bridgehead atoms. The molecule has 1 aliphatic rings. The molecule has 0 unspecified atom stereocenters. The van der Waals surface area contributed by atoms with Crippen molar-refractivity contribution in [3.05, 3.63) is 54.0 Å². The second-order valence-corrected chi connectivity index (χ2v) is 8.38. The predicted molar refractivity (Wildman–Crippen MR) is 102 cm³/mol. The average Bonchev–Trinajstić information content (AvgIpc) is 3.21. The summed E-state index contributed by atoms with van der Waals surface area (Å²) in [7, 11) is -3.66. The number of piperidine rings is 1. The van der Waals surface area contributed by atoms with Gasteiger partial charge in [-0.2, -0.15) is 0 Å². The first-order valence-electron chi connectivity index (χ1n) is 9.13. The average molecular weight is 391 g/mol. The molecule has 1 amide bonds. The fourth-order valence-corrected chi connectivity index (χ4v) is 4.10. The third-order valence-corrected chi connectivity index (χ3v) is 6.23. The number of rotatable bonds is 7. The van der Waals surface area contributed by atoms with Crippen LogP contribution in [0.4, 0.5) is 0 Å². The Labute approximate surface area is 159 Å². The summed E-state index contributed by atoms with van der Waals surface area (Å²) >= 11 is 0. The highest BCUT2D eigenvalue weighted by Crippen LogP contribution is 2.14. The SMILES string of the molecule is CCN1CCC(NC(=O)c2ccc(S(=O)(=O)NCc3ccco3)cc2)CC1. The molecule has 8 heteroatoms. The lowest BCUT2D eigenvalue weighted by Crippen LogP contribution is -2.44. The molecule has 2 heterocycles. The molecule has 1 aromatic carbocycles. The van der Waals surface area contributed by atoms with Gasteiger partial charge in [-0.3, -0.25) is 4.79 Å². The van der Waals surface area contributed by atoms with E-state index in [1.807, 2.05) is 0 Å². The van der Waals surface area contributed by atoms with E-state index >= 15 is 0 Å². The van der Waals surface area contributed by atoms with E-state index in [2.05, 4.69) is 21.9 Å². The number of benzene rings is 1. The van der Waals surface area contributed by atoms with Crippen LogP contribution in [-0.4, -0.2) is 44.9 Å². The molecule has 1 saturated heterocycles. The molecule has 0 spiro atoms. The van der Waals surface area contributed by atoms with Crippen LogP contribution in [0.3, 0.4) is 0 Å². The second kappa shape index (κ2) is 8.69. The summed E-state index contributed by atoms with van der Waals surface area (Å²) < 4.78 is 32.2. The van der Waals surface area contributed by atoms with Gasteiger partial charge in [0, 0.05) is 24.7 Å². The molecule has 3 rings (SSSR count). The van der Waals surface area contributed by atoms with Gasteiger partial charge in [-0.05, 0) is 55.8 Å². The van der Waals surface area contributed by atoms with Crippen molar-refractivity contribution < 1.29 is 17.6 Å². The van der Waals surface area contributed by atoms with Gasteiger partial charge in [0.05, 0.1) is 17.7 Å². The van der Waals surface area contributed by atoms with E-state index in [1.165, 1.54) is 30.5 Å². The fraction of sp³-hybridized carbons (Fsp3) is 0.421. The zero-order valence-electron chi connectivity index (χ0n) is 15.3. The van der Waals surface area contributed by atoms with Crippen LogP contribution in [0.25, 0.3) is 0 Å². The van der Waals surface area contributed by atoms with Gasteiger partial charge in [-0.15, -0.1) is 0 Å². The van der Waals surface area contributed by atoms with Crippen molar-refractivity contribution in [3.8, 4) is 0 Å². The minimum absolute atomic E-state index is 0.0774. The van der Waals surface area contributed by atoms with Gasteiger partial charge in [0.2, 0.25) is 10.0 Å². The van der Waals surface area contributed by atoms with Gasteiger partial charge < -0.3 is 14.6 Å². The molecular weight excluding hydrogens is 366 g/mol. The summed E-state index contributed by atoms with van der Waals surface area (Å²) in [6.07, 6.45) is 3.36. The lowest BCUT2D eigenvalue weighted by molar-refractivity contribution is 0.0912. The van der Waals surface area contributed by atoms with E-state index in [0.717, 1.165) is 32.5 Å². The third-order valence-electron chi connectivity index (χ3n) is 4.81. The van der Waals surface area contributed by atoms with Crippen LogP contribution >= 0.6 is 0 Å². The maximum Gasteiger partial charge on any atom is 0.251 e. The van der Waals surface area contributed by atoms with Crippen LogP contribution in [0.15, 0.2) is 52.0 Å². The van der Waals surface area contributed by atoms with Crippen LogP contribution in [0.1, 0.15) is 35.9 Å². The molecule has 0 atom stereocenters. The maximum atomic E-state index is 12.4. The Kier molecular flexibility index (Phi) is 6.30. The van der Waals surface area contributed by atoms with Gasteiger partial charge in [0.15, 0.2) is 0 Å². The molecular formula is C19H25N3O4S. The zero-order chi connectivity index (χ0) is 19.3. The summed E-state index contributed by atoms with van der Waals surface area (Å²) in [6, 6.07) is 9.52. The Morgan fingerprint density at radius 1 is 1.19 bits per heavy atom. The summed E-state index contributed by atoms with van der Waals surface area (Å²) in [5.74, 6) is 0.362. The Morgan fingerprint density at radius 2 is 1.89 bits per heavy atom. The Morgan fingerprint density at radius 3 is 2.48 bits per heavy atom. The minimum Gasteiger partial charge on any atom is -0.468 e. The van der Waals surface area contributed by atoms with E-state index < -0.39 is 10.0 Å². The monoisotopic (exact) mass is 391 g/mol. The van der Waals surface area contributed by atoms with Gasteiger partial charge in [0.1, 0.15) is 5.76 Å². The van der Waals surface area contributed by atoms with Gasteiger partial charge in [-0.1, -0.05) is 6.92 Å². The molecule has 2 N–H and O–H groups in total. The summed E-state index contributed by atoms with van der Waals surface area (Å²) in [6.45, 7) is 5.22. The normalized spacial score (nSPS) is 16.3. The smallest absolute Gasteiger partial charge is 0.251 e. The first-order chi connectivity index (χ1) is 13.0. The summed E-state index contributed by atoms with van der Waals surface area (Å²) in [5, 5.41) is 3.04. The summed E-state index contributed by atoms with van der Waals surface area (Å²) in [5.41, 5.74) is 0.456. The number of carbonyl (C=O) groups excluding carboxylic acids is 1. The zero-order valence-corrected chi connectivity index (χ0v) is 16.2. The number of sulfonamides is 1. The van der Waals surface area contributed by atoms with E-state index in [-0.39, 0.29) is 23.4 Å². The molecule has 1 fully saturated rings. The quantitative estimate of drug-likeness (QED) is 0.753. The molecule has 2 aromatic rings.